The van der Waals surface area contributed by atoms with Gasteiger partial charge in [-0.3, -0.25) is 9.59 Å². The fraction of sp³-hybridized carbons (Fsp3) is 0.385. The van der Waals surface area contributed by atoms with Gasteiger partial charge in [0.05, 0.1) is 6.04 Å². The van der Waals surface area contributed by atoms with Crippen LogP contribution in [0, 0.1) is 0 Å². The van der Waals surface area contributed by atoms with Crippen LogP contribution in [0.1, 0.15) is 30.9 Å². The van der Waals surface area contributed by atoms with Crippen LogP contribution in [-0.4, -0.2) is 17.7 Å². The van der Waals surface area contributed by atoms with E-state index in [1.165, 1.54) is 0 Å². The molecule has 1 saturated heterocycles. The van der Waals surface area contributed by atoms with Gasteiger partial charge < -0.3 is 5.32 Å². The molecule has 2 unspecified atom stereocenters. The normalized spacial score (nSPS) is 23.3. The van der Waals surface area contributed by atoms with E-state index in [1.54, 1.807) is 19.1 Å². The minimum absolute atomic E-state index is 0.140. The monoisotopic (exact) mass is 285 g/mol. The second-order valence-electron chi connectivity index (χ2n) is 4.38. The summed E-state index contributed by atoms with van der Waals surface area (Å²) in [4.78, 5) is 23.9. The number of aryl methyl sites for hydroxylation is 1. The van der Waals surface area contributed by atoms with Gasteiger partial charge in [0.2, 0.25) is 5.91 Å². The van der Waals surface area contributed by atoms with Crippen LogP contribution in [0.5, 0.6) is 0 Å². The van der Waals surface area contributed by atoms with Gasteiger partial charge >= 0.3 is 0 Å². The van der Waals surface area contributed by atoms with Crippen LogP contribution in [0.3, 0.4) is 0 Å². The van der Waals surface area contributed by atoms with Crippen molar-refractivity contribution in [3.05, 3.63) is 33.3 Å². The topological polar surface area (TPSA) is 46.2 Å². The van der Waals surface area contributed by atoms with Crippen molar-refractivity contribution >= 4 is 34.9 Å². The molecule has 1 N–H and O–H groups in total. The lowest BCUT2D eigenvalue weighted by atomic mass is 9.89. The lowest BCUT2D eigenvalue weighted by Gasteiger charge is -2.14. The van der Waals surface area contributed by atoms with Crippen LogP contribution in [0.15, 0.2) is 12.1 Å². The first kappa shape index (κ1) is 13.4. The molecule has 0 bridgehead atoms. The van der Waals surface area contributed by atoms with E-state index in [0.717, 1.165) is 5.56 Å². The Hall–Kier alpha value is -1.06. The molecule has 0 aliphatic carbocycles. The number of halogens is 2. The Bertz CT molecular complexity index is 528. The minimum Gasteiger partial charge on any atom is -0.346 e. The summed E-state index contributed by atoms with van der Waals surface area (Å²) in [5.41, 5.74) is 1.44. The SMILES string of the molecule is CCc1cc(Cl)cc(Cl)c1C1C(=O)NC(C)C1=O. The Kier molecular flexibility index (Phi) is 3.64. The summed E-state index contributed by atoms with van der Waals surface area (Å²) in [5, 5.41) is 3.52. The molecule has 1 fully saturated rings. The molecule has 96 valence electrons. The van der Waals surface area contributed by atoms with E-state index in [2.05, 4.69) is 5.32 Å². The van der Waals surface area contributed by atoms with Crippen LogP contribution in [-0.2, 0) is 16.0 Å². The standard InChI is InChI=1S/C13H13Cl2NO2/c1-3-7-4-8(14)5-9(15)10(7)11-12(17)6(2)16-13(11)18/h4-6,11H,3H2,1-2H3,(H,16,18). The molecule has 1 aromatic rings. The maximum Gasteiger partial charge on any atom is 0.235 e. The van der Waals surface area contributed by atoms with E-state index in [-0.39, 0.29) is 11.7 Å². The quantitative estimate of drug-likeness (QED) is 0.850. The van der Waals surface area contributed by atoms with E-state index in [1.807, 2.05) is 6.92 Å². The number of hydrogen-bond acceptors (Lipinski definition) is 2. The summed E-state index contributed by atoms with van der Waals surface area (Å²) in [6.45, 7) is 3.61. The van der Waals surface area contributed by atoms with Crippen molar-refractivity contribution in [1.82, 2.24) is 5.32 Å². The van der Waals surface area contributed by atoms with Crippen molar-refractivity contribution in [3.63, 3.8) is 0 Å². The molecule has 3 nitrogen and oxygen atoms in total. The lowest BCUT2D eigenvalue weighted by molar-refractivity contribution is -0.124. The molecule has 1 heterocycles. The molecule has 2 atom stereocenters. The van der Waals surface area contributed by atoms with Crippen molar-refractivity contribution in [1.29, 1.82) is 0 Å². The number of rotatable bonds is 2. The summed E-state index contributed by atoms with van der Waals surface area (Å²) in [7, 11) is 0. The van der Waals surface area contributed by atoms with Crippen LogP contribution < -0.4 is 5.32 Å². The maximum absolute atomic E-state index is 12.0. The van der Waals surface area contributed by atoms with Gasteiger partial charge in [-0.05, 0) is 36.6 Å². The Morgan fingerprint density at radius 3 is 2.44 bits per heavy atom. The summed E-state index contributed by atoms with van der Waals surface area (Å²) >= 11 is 12.1. The number of amides is 1. The third-order valence-corrected chi connectivity index (χ3v) is 3.71. The third kappa shape index (κ3) is 2.13. The van der Waals surface area contributed by atoms with Gasteiger partial charge in [0.25, 0.3) is 0 Å². The molecule has 0 spiro atoms. The van der Waals surface area contributed by atoms with Crippen molar-refractivity contribution in [2.24, 2.45) is 0 Å². The van der Waals surface area contributed by atoms with Crippen molar-refractivity contribution < 1.29 is 9.59 Å². The van der Waals surface area contributed by atoms with Gasteiger partial charge in [-0.25, -0.2) is 0 Å². The molecule has 0 saturated carbocycles. The first-order chi connectivity index (χ1) is 8.45. The zero-order valence-corrected chi connectivity index (χ0v) is 11.6. The fourth-order valence-electron chi connectivity index (χ4n) is 2.27. The van der Waals surface area contributed by atoms with Crippen LogP contribution in [0.25, 0.3) is 0 Å². The molecule has 18 heavy (non-hydrogen) atoms. The molecule has 1 amide bonds. The van der Waals surface area contributed by atoms with Gasteiger partial charge in [-0.2, -0.15) is 0 Å². The molecule has 1 aromatic carbocycles. The van der Waals surface area contributed by atoms with Gasteiger partial charge in [0.1, 0.15) is 5.92 Å². The highest BCUT2D eigenvalue weighted by Gasteiger charge is 2.41. The number of ketones is 1. The Morgan fingerprint density at radius 1 is 1.28 bits per heavy atom. The molecular weight excluding hydrogens is 273 g/mol. The van der Waals surface area contributed by atoms with E-state index >= 15 is 0 Å². The average molecular weight is 286 g/mol. The highest BCUT2D eigenvalue weighted by atomic mass is 35.5. The zero-order chi connectivity index (χ0) is 13.4. The molecule has 1 aliphatic rings. The number of carbonyl (C=O) groups is 2. The van der Waals surface area contributed by atoms with Gasteiger partial charge in [0, 0.05) is 10.0 Å². The molecule has 5 heteroatoms. The average Bonchev–Trinajstić information content (AvgIpc) is 2.54. The molecule has 0 radical (unpaired) electrons. The van der Waals surface area contributed by atoms with Crippen molar-refractivity contribution in [2.45, 2.75) is 32.2 Å². The summed E-state index contributed by atoms with van der Waals surface area (Å²) in [6.07, 6.45) is 0.668. The number of hydrogen-bond donors (Lipinski definition) is 1. The Morgan fingerprint density at radius 2 is 1.94 bits per heavy atom. The Balaban J connectivity index is 2.57. The van der Waals surface area contributed by atoms with E-state index < -0.39 is 12.0 Å². The number of carbonyl (C=O) groups excluding carboxylic acids is 2. The van der Waals surface area contributed by atoms with Gasteiger partial charge in [-0.15, -0.1) is 0 Å². The lowest BCUT2D eigenvalue weighted by Crippen LogP contribution is -2.25. The highest BCUT2D eigenvalue weighted by molar-refractivity contribution is 6.36. The maximum atomic E-state index is 12.0. The molecule has 2 rings (SSSR count). The van der Waals surface area contributed by atoms with Crippen molar-refractivity contribution in [3.8, 4) is 0 Å². The summed E-state index contributed by atoms with van der Waals surface area (Å²) in [5.74, 6) is -1.23. The Labute approximate surface area is 115 Å². The van der Waals surface area contributed by atoms with Crippen LogP contribution in [0.2, 0.25) is 10.0 Å². The minimum atomic E-state index is -0.806. The number of nitrogens with one attached hydrogen (secondary N) is 1. The predicted octanol–water partition coefficient (Wildman–Crippen LogP) is 2.73. The van der Waals surface area contributed by atoms with Crippen molar-refractivity contribution in [2.75, 3.05) is 0 Å². The molecule has 1 aliphatic heterocycles. The highest BCUT2D eigenvalue weighted by Crippen LogP contribution is 2.35. The second kappa shape index (κ2) is 4.90. The van der Waals surface area contributed by atoms with E-state index in [4.69, 9.17) is 23.2 Å². The number of benzene rings is 1. The van der Waals surface area contributed by atoms with E-state index in [0.29, 0.717) is 22.0 Å². The van der Waals surface area contributed by atoms with Crippen LogP contribution >= 0.6 is 23.2 Å². The summed E-state index contributed by atoms with van der Waals surface area (Å²) in [6, 6.07) is 2.87. The smallest absolute Gasteiger partial charge is 0.235 e. The second-order valence-corrected chi connectivity index (χ2v) is 5.22. The third-order valence-electron chi connectivity index (χ3n) is 3.18. The largest absolute Gasteiger partial charge is 0.346 e. The molecular formula is C13H13Cl2NO2. The number of Topliss-reactive ketones (excluding diaryl/α,β-unsaturated/α-hetero) is 1. The molecule has 0 aromatic heterocycles. The summed E-state index contributed by atoms with van der Waals surface area (Å²) < 4.78 is 0. The fourth-order valence-corrected chi connectivity index (χ4v) is 2.92. The van der Waals surface area contributed by atoms with E-state index in [9.17, 15) is 9.59 Å². The van der Waals surface area contributed by atoms with Crippen LogP contribution in [0.4, 0.5) is 0 Å². The zero-order valence-electron chi connectivity index (χ0n) is 10.1. The first-order valence-corrected chi connectivity index (χ1v) is 6.53. The van der Waals surface area contributed by atoms with Gasteiger partial charge in [-0.1, -0.05) is 30.1 Å². The van der Waals surface area contributed by atoms with Gasteiger partial charge in [0.15, 0.2) is 5.78 Å². The predicted molar refractivity (Wildman–Crippen MR) is 71.2 cm³/mol. The first-order valence-electron chi connectivity index (χ1n) is 5.77.